The van der Waals surface area contributed by atoms with Crippen molar-refractivity contribution in [1.29, 1.82) is 0 Å². The number of nitrogens with one attached hydrogen (secondary N) is 1. The SMILES string of the molecule is O=S(=O)(Nc1nnc(-c2ccccc2Cl)s1)c1sc(Cl)cc1Br. The Morgan fingerprint density at radius 1 is 1.13 bits per heavy atom. The van der Waals surface area contributed by atoms with E-state index in [0.717, 1.165) is 22.7 Å². The van der Waals surface area contributed by atoms with Crippen molar-refractivity contribution in [2.75, 3.05) is 4.72 Å². The molecule has 120 valence electrons. The summed E-state index contributed by atoms with van der Waals surface area (Å²) in [6.45, 7) is 0. The molecule has 0 unspecified atom stereocenters. The van der Waals surface area contributed by atoms with E-state index < -0.39 is 10.0 Å². The highest BCUT2D eigenvalue weighted by Crippen LogP contribution is 2.37. The van der Waals surface area contributed by atoms with Gasteiger partial charge in [0.15, 0.2) is 9.22 Å². The molecule has 3 aromatic rings. The lowest BCUT2D eigenvalue weighted by atomic mass is 10.2. The average Bonchev–Trinajstić information content (AvgIpc) is 3.05. The van der Waals surface area contributed by atoms with Gasteiger partial charge in [-0.25, -0.2) is 8.42 Å². The lowest BCUT2D eigenvalue weighted by Crippen LogP contribution is -2.11. The first-order chi connectivity index (χ1) is 10.9. The van der Waals surface area contributed by atoms with Gasteiger partial charge >= 0.3 is 0 Å². The molecule has 2 aromatic heterocycles. The van der Waals surface area contributed by atoms with Crippen LogP contribution in [0.1, 0.15) is 0 Å². The van der Waals surface area contributed by atoms with Gasteiger partial charge in [-0.2, -0.15) is 0 Å². The van der Waals surface area contributed by atoms with Crippen molar-refractivity contribution in [2.45, 2.75) is 4.21 Å². The minimum atomic E-state index is -3.79. The molecule has 0 aliphatic rings. The van der Waals surface area contributed by atoms with Crippen LogP contribution in [-0.2, 0) is 10.0 Å². The predicted molar refractivity (Wildman–Crippen MR) is 98.2 cm³/mol. The first-order valence-electron chi connectivity index (χ1n) is 5.93. The molecule has 5 nitrogen and oxygen atoms in total. The molecule has 1 N–H and O–H groups in total. The molecule has 0 saturated heterocycles. The molecule has 1 aromatic carbocycles. The number of rotatable bonds is 4. The van der Waals surface area contributed by atoms with Crippen LogP contribution in [0, 0.1) is 0 Å². The van der Waals surface area contributed by atoms with E-state index in [2.05, 4.69) is 30.8 Å². The first kappa shape index (κ1) is 17.1. The molecule has 0 radical (unpaired) electrons. The summed E-state index contributed by atoms with van der Waals surface area (Å²) in [4.78, 5) is 0. The molecule has 11 heteroatoms. The highest BCUT2D eigenvalue weighted by Gasteiger charge is 2.23. The van der Waals surface area contributed by atoms with Crippen LogP contribution in [0.3, 0.4) is 0 Å². The maximum absolute atomic E-state index is 12.4. The third kappa shape index (κ3) is 3.70. The Labute approximate surface area is 158 Å². The summed E-state index contributed by atoms with van der Waals surface area (Å²) in [6, 6.07) is 8.66. The Hall–Kier alpha value is -0.710. The van der Waals surface area contributed by atoms with Crippen LogP contribution < -0.4 is 4.72 Å². The molecule has 0 atom stereocenters. The Kier molecular flexibility index (Phi) is 4.96. The van der Waals surface area contributed by atoms with Crippen molar-refractivity contribution in [3.63, 3.8) is 0 Å². The maximum atomic E-state index is 12.4. The number of halogens is 3. The highest BCUT2D eigenvalue weighted by atomic mass is 79.9. The normalized spacial score (nSPS) is 11.6. The Balaban J connectivity index is 1.90. The molecule has 3 rings (SSSR count). The third-order valence-corrected chi connectivity index (χ3v) is 8.24. The monoisotopic (exact) mass is 469 g/mol. The smallest absolute Gasteiger partial charge is 0.252 e. The molecular weight excluding hydrogens is 465 g/mol. The molecule has 0 aliphatic heterocycles. The number of anilines is 1. The Morgan fingerprint density at radius 3 is 2.52 bits per heavy atom. The van der Waals surface area contributed by atoms with E-state index in [1.54, 1.807) is 18.2 Å². The summed E-state index contributed by atoms with van der Waals surface area (Å²) in [7, 11) is -3.79. The van der Waals surface area contributed by atoms with Gasteiger partial charge in [-0.15, -0.1) is 21.5 Å². The lowest BCUT2D eigenvalue weighted by Gasteiger charge is -2.02. The van der Waals surface area contributed by atoms with Crippen LogP contribution in [0.15, 0.2) is 39.0 Å². The molecular formula is C12H6BrCl2N3O2S3. The van der Waals surface area contributed by atoms with Crippen molar-refractivity contribution < 1.29 is 8.42 Å². The van der Waals surface area contributed by atoms with Gasteiger partial charge in [-0.1, -0.05) is 52.7 Å². The summed E-state index contributed by atoms with van der Waals surface area (Å²) >= 11 is 17.2. The van der Waals surface area contributed by atoms with E-state index in [-0.39, 0.29) is 9.34 Å². The number of hydrogen-bond donors (Lipinski definition) is 1. The summed E-state index contributed by atoms with van der Waals surface area (Å²) in [6.07, 6.45) is 0. The standard InChI is InChI=1S/C12H6BrCl2N3O2S3/c13-7-5-9(15)21-11(7)23(19,20)18-12-17-16-10(22-12)6-3-1-2-4-8(6)14/h1-5H,(H,17,18). The van der Waals surface area contributed by atoms with Crippen LogP contribution in [0.5, 0.6) is 0 Å². The fraction of sp³-hybridized carbons (Fsp3) is 0. The molecule has 2 heterocycles. The van der Waals surface area contributed by atoms with Gasteiger partial charge in [0.25, 0.3) is 10.0 Å². The zero-order valence-electron chi connectivity index (χ0n) is 11.0. The van der Waals surface area contributed by atoms with Gasteiger partial charge in [0.05, 0.1) is 13.8 Å². The van der Waals surface area contributed by atoms with Crippen LogP contribution in [0.2, 0.25) is 9.36 Å². The fourth-order valence-corrected chi connectivity index (χ4v) is 6.98. The van der Waals surface area contributed by atoms with E-state index in [0.29, 0.717) is 24.4 Å². The van der Waals surface area contributed by atoms with Gasteiger partial charge in [0.2, 0.25) is 5.13 Å². The summed E-state index contributed by atoms with van der Waals surface area (Å²) < 4.78 is 28.0. The minimum Gasteiger partial charge on any atom is -0.252 e. The topological polar surface area (TPSA) is 72.0 Å². The van der Waals surface area contributed by atoms with Gasteiger partial charge in [0, 0.05) is 5.56 Å². The van der Waals surface area contributed by atoms with Gasteiger partial charge in [-0.3, -0.25) is 4.72 Å². The van der Waals surface area contributed by atoms with Crippen molar-refractivity contribution in [2.24, 2.45) is 0 Å². The zero-order chi connectivity index (χ0) is 16.6. The largest absolute Gasteiger partial charge is 0.274 e. The van der Waals surface area contributed by atoms with E-state index >= 15 is 0 Å². The molecule has 0 spiro atoms. The van der Waals surface area contributed by atoms with Crippen molar-refractivity contribution in [3.05, 3.63) is 44.2 Å². The summed E-state index contributed by atoms with van der Waals surface area (Å²) in [5.41, 5.74) is 0.692. The minimum absolute atomic E-state index is 0.0805. The van der Waals surface area contributed by atoms with Crippen molar-refractivity contribution >= 4 is 77.0 Å². The van der Waals surface area contributed by atoms with E-state index in [1.807, 2.05) is 6.07 Å². The number of thiophene rings is 1. The van der Waals surface area contributed by atoms with Gasteiger partial charge < -0.3 is 0 Å². The number of aromatic nitrogens is 2. The van der Waals surface area contributed by atoms with E-state index in [1.165, 1.54) is 6.07 Å². The van der Waals surface area contributed by atoms with Crippen LogP contribution in [0.4, 0.5) is 5.13 Å². The molecule has 0 fully saturated rings. The van der Waals surface area contributed by atoms with Crippen LogP contribution >= 0.6 is 61.8 Å². The Bertz CT molecular complexity index is 972. The molecule has 23 heavy (non-hydrogen) atoms. The lowest BCUT2D eigenvalue weighted by molar-refractivity contribution is 0.602. The molecule has 0 bridgehead atoms. The highest BCUT2D eigenvalue weighted by molar-refractivity contribution is 9.10. The van der Waals surface area contributed by atoms with Gasteiger partial charge in [0.1, 0.15) is 0 Å². The van der Waals surface area contributed by atoms with Crippen molar-refractivity contribution in [3.8, 4) is 10.6 Å². The zero-order valence-corrected chi connectivity index (χ0v) is 16.5. The second-order valence-corrected chi connectivity index (χ2v) is 9.98. The quantitative estimate of drug-likeness (QED) is 0.573. The Morgan fingerprint density at radius 2 is 1.87 bits per heavy atom. The number of sulfonamides is 1. The number of hydrogen-bond acceptors (Lipinski definition) is 6. The van der Waals surface area contributed by atoms with Crippen LogP contribution in [-0.4, -0.2) is 18.6 Å². The fourth-order valence-electron chi connectivity index (χ4n) is 1.68. The summed E-state index contributed by atoms with van der Waals surface area (Å²) in [5, 5.41) is 9.03. The second kappa shape index (κ2) is 6.66. The molecule has 0 aliphatic carbocycles. The van der Waals surface area contributed by atoms with E-state index in [9.17, 15) is 8.42 Å². The third-order valence-electron chi connectivity index (χ3n) is 2.62. The van der Waals surface area contributed by atoms with E-state index in [4.69, 9.17) is 23.2 Å². The molecule has 0 amide bonds. The maximum Gasteiger partial charge on any atom is 0.274 e. The van der Waals surface area contributed by atoms with Gasteiger partial charge in [-0.05, 0) is 28.1 Å². The average molecular weight is 471 g/mol. The molecule has 0 saturated carbocycles. The summed E-state index contributed by atoms with van der Waals surface area (Å²) in [5.74, 6) is 0. The first-order valence-corrected chi connectivity index (χ1v) is 10.6. The second-order valence-electron chi connectivity index (χ2n) is 4.18. The predicted octanol–water partition coefficient (Wildman–Crippen LogP) is 5.14. The number of benzene rings is 1. The number of nitrogens with zero attached hydrogens (tertiary/aromatic N) is 2. The van der Waals surface area contributed by atoms with Crippen LogP contribution in [0.25, 0.3) is 10.6 Å². The van der Waals surface area contributed by atoms with Crippen molar-refractivity contribution in [1.82, 2.24) is 10.2 Å².